The lowest BCUT2D eigenvalue weighted by Crippen LogP contribution is -2.34. The number of hydrogen-bond acceptors (Lipinski definition) is 1. The molecular formula is C11H11ClFNO. The van der Waals surface area contributed by atoms with Crippen LogP contribution in [0.15, 0.2) is 18.2 Å². The Morgan fingerprint density at radius 2 is 2.33 bits per heavy atom. The van der Waals surface area contributed by atoms with Crippen molar-refractivity contribution in [2.75, 3.05) is 11.4 Å². The third-order valence-electron chi connectivity index (χ3n) is 2.55. The maximum Gasteiger partial charge on any atom is 0.244 e. The zero-order valence-corrected chi connectivity index (χ0v) is 9.09. The molecular weight excluding hydrogens is 217 g/mol. The molecule has 0 fully saturated rings. The molecule has 0 aromatic heterocycles. The molecule has 0 N–H and O–H groups in total. The van der Waals surface area contributed by atoms with Gasteiger partial charge in [0.25, 0.3) is 0 Å². The van der Waals surface area contributed by atoms with Crippen LogP contribution in [0.4, 0.5) is 10.1 Å². The molecule has 2 nitrogen and oxygen atoms in total. The molecule has 0 radical (unpaired) electrons. The number of halogens is 2. The fourth-order valence-electron chi connectivity index (χ4n) is 1.80. The Morgan fingerprint density at radius 3 is 3.00 bits per heavy atom. The van der Waals surface area contributed by atoms with Crippen LogP contribution in [0.1, 0.15) is 12.5 Å². The lowest BCUT2D eigenvalue weighted by Gasteiger charge is -2.18. The van der Waals surface area contributed by atoms with Crippen LogP contribution in [0, 0.1) is 5.82 Å². The summed E-state index contributed by atoms with van der Waals surface area (Å²) in [6.07, 6.45) is 0.769. The molecule has 4 heteroatoms. The minimum atomic E-state index is -0.570. The van der Waals surface area contributed by atoms with E-state index in [1.165, 1.54) is 12.1 Å². The molecule has 0 bridgehead atoms. The fraction of sp³-hybridized carbons (Fsp3) is 0.364. The summed E-state index contributed by atoms with van der Waals surface area (Å²) in [4.78, 5) is 13.2. The van der Waals surface area contributed by atoms with Crippen LogP contribution in [-0.2, 0) is 11.2 Å². The maximum absolute atomic E-state index is 13.0. The molecule has 0 aliphatic carbocycles. The highest BCUT2D eigenvalue weighted by Gasteiger charge is 2.27. The Bertz CT molecular complexity index is 406. The molecule has 80 valence electrons. The second-order valence-electron chi connectivity index (χ2n) is 3.63. The van der Waals surface area contributed by atoms with E-state index in [9.17, 15) is 9.18 Å². The van der Waals surface area contributed by atoms with Crippen molar-refractivity contribution >= 4 is 23.2 Å². The normalized spacial score (nSPS) is 16.3. The number of nitrogens with zero attached hydrogens (tertiary/aromatic N) is 1. The largest absolute Gasteiger partial charge is 0.310 e. The Morgan fingerprint density at radius 1 is 1.60 bits per heavy atom. The molecule has 2 rings (SSSR count). The molecule has 0 saturated heterocycles. The number of benzene rings is 1. The van der Waals surface area contributed by atoms with Gasteiger partial charge in [0.1, 0.15) is 11.2 Å². The molecule has 0 saturated carbocycles. The third kappa shape index (κ3) is 1.84. The summed E-state index contributed by atoms with van der Waals surface area (Å²) in [6.45, 7) is 2.22. The average molecular weight is 228 g/mol. The predicted octanol–water partition coefficient (Wildman–Crippen LogP) is 2.34. The first-order chi connectivity index (χ1) is 7.09. The molecule has 1 aromatic rings. The van der Waals surface area contributed by atoms with Gasteiger partial charge in [0.05, 0.1) is 0 Å². The van der Waals surface area contributed by atoms with Crippen molar-refractivity contribution in [2.45, 2.75) is 18.7 Å². The number of hydrogen-bond donors (Lipinski definition) is 0. The number of amides is 1. The number of anilines is 1. The molecule has 1 aromatic carbocycles. The first-order valence-electron chi connectivity index (χ1n) is 4.83. The van der Waals surface area contributed by atoms with Crippen LogP contribution in [-0.4, -0.2) is 17.8 Å². The summed E-state index contributed by atoms with van der Waals surface area (Å²) in [5, 5.41) is -0.570. The molecule has 1 amide bonds. The maximum atomic E-state index is 13.0. The molecule has 0 spiro atoms. The van der Waals surface area contributed by atoms with E-state index in [-0.39, 0.29) is 11.7 Å². The molecule has 1 unspecified atom stereocenters. The third-order valence-corrected chi connectivity index (χ3v) is 2.74. The van der Waals surface area contributed by atoms with Crippen molar-refractivity contribution in [1.82, 2.24) is 0 Å². The van der Waals surface area contributed by atoms with Crippen molar-refractivity contribution in [3.8, 4) is 0 Å². The quantitative estimate of drug-likeness (QED) is 0.675. The van der Waals surface area contributed by atoms with Gasteiger partial charge in [-0.1, -0.05) is 6.07 Å². The Kier molecular flexibility index (Phi) is 2.65. The van der Waals surface area contributed by atoms with Crippen LogP contribution in [0.5, 0.6) is 0 Å². The van der Waals surface area contributed by atoms with Gasteiger partial charge in [-0.2, -0.15) is 0 Å². The van der Waals surface area contributed by atoms with Gasteiger partial charge >= 0.3 is 0 Å². The highest BCUT2D eigenvalue weighted by Crippen LogP contribution is 2.29. The van der Waals surface area contributed by atoms with Crippen LogP contribution >= 0.6 is 11.6 Å². The van der Waals surface area contributed by atoms with Crippen LogP contribution in [0.25, 0.3) is 0 Å². The van der Waals surface area contributed by atoms with E-state index < -0.39 is 5.38 Å². The SMILES string of the molecule is CC(Cl)C(=O)N1CCc2ccc(F)cc21. The number of alkyl halides is 1. The van der Waals surface area contributed by atoms with E-state index in [0.717, 1.165) is 12.0 Å². The second-order valence-corrected chi connectivity index (χ2v) is 4.28. The van der Waals surface area contributed by atoms with Gasteiger partial charge in [0.15, 0.2) is 0 Å². The summed E-state index contributed by atoms with van der Waals surface area (Å²) >= 11 is 5.73. The van der Waals surface area contributed by atoms with E-state index in [2.05, 4.69) is 0 Å². The fourth-order valence-corrected chi connectivity index (χ4v) is 1.91. The zero-order chi connectivity index (χ0) is 11.0. The van der Waals surface area contributed by atoms with Crippen LogP contribution < -0.4 is 4.90 Å². The lowest BCUT2D eigenvalue weighted by molar-refractivity contribution is -0.117. The van der Waals surface area contributed by atoms with Gasteiger partial charge in [-0.15, -0.1) is 11.6 Å². The summed E-state index contributed by atoms with van der Waals surface area (Å²) < 4.78 is 13.0. The average Bonchev–Trinajstić information content (AvgIpc) is 2.59. The van der Waals surface area contributed by atoms with E-state index in [1.807, 2.05) is 0 Å². The van der Waals surface area contributed by atoms with Gasteiger partial charge in [-0.05, 0) is 31.0 Å². The Hall–Kier alpha value is -1.09. The first kappa shape index (κ1) is 10.4. The standard InChI is InChI=1S/C11H11ClFNO/c1-7(12)11(15)14-5-4-8-2-3-9(13)6-10(8)14/h2-3,6-7H,4-5H2,1H3. The van der Waals surface area contributed by atoms with Crippen LogP contribution in [0.3, 0.4) is 0 Å². The van der Waals surface area contributed by atoms with E-state index in [1.54, 1.807) is 17.9 Å². The van der Waals surface area contributed by atoms with Crippen molar-refractivity contribution < 1.29 is 9.18 Å². The molecule has 1 aliphatic rings. The smallest absolute Gasteiger partial charge is 0.244 e. The van der Waals surface area contributed by atoms with Crippen molar-refractivity contribution in [1.29, 1.82) is 0 Å². The zero-order valence-electron chi connectivity index (χ0n) is 8.34. The van der Waals surface area contributed by atoms with Crippen LogP contribution in [0.2, 0.25) is 0 Å². The number of fused-ring (bicyclic) bond motifs is 1. The molecule has 1 heterocycles. The van der Waals surface area contributed by atoms with E-state index >= 15 is 0 Å². The Labute approximate surface area is 92.6 Å². The molecule has 15 heavy (non-hydrogen) atoms. The van der Waals surface area contributed by atoms with E-state index in [4.69, 9.17) is 11.6 Å². The first-order valence-corrected chi connectivity index (χ1v) is 5.27. The monoisotopic (exact) mass is 227 g/mol. The summed E-state index contributed by atoms with van der Waals surface area (Å²) in [5.74, 6) is -0.489. The summed E-state index contributed by atoms with van der Waals surface area (Å²) in [5.41, 5.74) is 1.66. The summed E-state index contributed by atoms with van der Waals surface area (Å²) in [7, 11) is 0. The van der Waals surface area contributed by atoms with Gasteiger partial charge < -0.3 is 4.90 Å². The second kappa shape index (κ2) is 3.81. The van der Waals surface area contributed by atoms with Gasteiger partial charge in [0, 0.05) is 12.2 Å². The number of carbonyl (C=O) groups is 1. The van der Waals surface area contributed by atoms with Gasteiger partial charge in [-0.3, -0.25) is 4.79 Å². The van der Waals surface area contributed by atoms with E-state index in [0.29, 0.717) is 12.2 Å². The van der Waals surface area contributed by atoms with Gasteiger partial charge in [-0.25, -0.2) is 4.39 Å². The predicted molar refractivity (Wildman–Crippen MR) is 57.8 cm³/mol. The Balaban J connectivity index is 2.35. The highest BCUT2D eigenvalue weighted by molar-refractivity contribution is 6.32. The number of rotatable bonds is 1. The van der Waals surface area contributed by atoms with Crippen molar-refractivity contribution in [2.24, 2.45) is 0 Å². The topological polar surface area (TPSA) is 20.3 Å². The van der Waals surface area contributed by atoms with Crippen molar-refractivity contribution in [3.63, 3.8) is 0 Å². The lowest BCUT2D eigenvalue weighted by atomic mass is 10.2. The summed E-state index contributed by atoms with van der Waals surface area (Å²) in [6, 6.07) is 4.52. The minimum Gasteiger partial charge on any atom is -0.310 e. The van der Waals surface area contributed by atoms with Crippen molar-refractivity contribution in [3.05, 3.63) is 29.6 Å². The highest BCUT2D eigenvalue weighted by atomic mass is 35.5. The molecule has 1 aliphatic heterocycles. The number of carbonyl (C=O) groups excluding carboxylic acids is 1. The minimum absolute atomic E-state index is 0.166. The molecule has 1 atom stereocenters. The van der Waals surface area contributed by atoms with Gasteiger partial charge in [0.2, 0.25) is 5.91 Å².